The molecule has 0 saturated carbocycles. The fourth-order valence-corrected chi connectivity index (χ4v) is 5.12. The van der Waals surface area contributed by atoms with E-state index < -0.39 is 0 Å². The normalized spacial score (nSPS) is 27.0. The van der Waals surface area contributed by atoms with Crippen LogP contribution in [0.25, 0.3) is 0 Å². The maximum Gasteiger partial charge on any atom is 0.0983 e. The Labute approximate surface area is 147 Å². The van der Waals surface area contributed by atoms with Crippen molar-refractivity contribution in [1.82, 2.24) is 9.80 Å². The van der Waals surface area contributed by atoms with Crippen LogP contribution in [0.15, 0.2) is 58.2 Å². The Hall–Kier alpha value is -1.70. The van der Waals surface area contributed by atoms with Gasteiger partial charge < -0.3 is 9.80 Å². The van der Waals surface area contributed by atoms with E-state index in [-0.39, 0.29) is 5.41 Å². The summed E-state index contributed by atoms with van der Waals surface area (Å²) >= 11 is 0. The van der Waals surface area contributed by atoms with Gasteiger partial charge in [0.05, 0.1) is 6.67 Å². The second kappa shape index (κ2) is 5.98. The number of nitrogens with zero attached hydrogens (tertiary/aromatic N) is 2. The molecule has 0 unspecified atom stereocenters. The lowest BCUT2D eigenvalue weighted by Crippen LogP contribution is -2.35. The zero-order valence-electron chi connectivity index (χ0n) is 16.4. The van der Waals surface area contributed by atoms with Crippen molar-refractivity contribution in [2.75, 3.05) is 6.67 Å². The lowest BCUT2D eigenvalue weighted by Gasteiger charge is -2.39. The SMILES string of the molecule is CC1=CC(C)=C(N2C=CN(C3=C(C)C=C(C)CC3(C)C)C2)[C@@H](C)C1. The van der Waals surface area contributed by atoms with Crippen molar-refractivity contribution in [1.29, 1.82) is 0 Å². The lowest BCUT2D eigenvalue weighted by molar-refractivity contribution is 0.257. The summed E-state index contributed by atoms with van der Waals surface area (Å²) in [5.74, 6) is 0.594. The Balaban J connectivity index is 1.88. The molecule has 0 bridgehead atoms. The average Bonchev–Trinajstić information content (AvgIpc) is 2.83. The molecule has 1 atom stereocenters. The van der Waals surface area contributed by atoms with Crippen LogP contribution in [0.5, 0.6) is 0 Å². The first-order valence-corrected chi connectivity index (χ1v) is 9.17. The third kappa shape index (κ3) is 2.99. The minimum Gasteiger partial charge on any atom is -0.331 e. The highest BCUT2D eigenvalue weighted by molar-refractivity contribution is 5.38. The predicted octanol–water partition coefficient (Wildman–Crippen LogP) is 5.94. The van der Waals surface area contributed by atoms with E-state index in [2.05, 4.69) is 82.8 Å². The molecule has 0 aromatic carbocycles. The highest BCUT2D eigenvalue weighted by atomic mass is 15.4. The lowest BCUT2D eigenvalue weighted by atomic mass is 9.76. The summed E-state index contributed by atoms with van der Waals surface area (Å²) in [6.07, 6.45) is 11.6. The molecular weight excluding hydrogens is 292 g/mol. The van der Waals surface area contributed by atoms with E-state index in [9.17, 15) is 0 Å². The highest BCUT2D eigenvalue weighted by Gasteiger charge is 2.34. The number of allylic oxidation sites excluding steroid dienone is 8. The van der Waals surface area contributed by atoms with Crippen molar-refractivity contribution in [2.24, 2.45) is 11.3 Å². The maximum absolute atomic E-state index is 2.45. The van der Waals surface area contributed by atoms with Crippen molar-refractivity contribution < 1.29 is 0 Å². The van der Waals surface area contributed by atoms with Crippen molar-refractivity contribution in [3.63, 3.8) is 0 Å². The fraction of sp³-hybridized carbons (Fsp3) is 0.545. The smallest absolute Gasteiger partial charge is 0.0983 e. The van der Waals surface area contributed by atoms with Crippen molar-refractivity contribution in [3.8, 4) is 0 Å². The summed E-state index contributed by atoms with van der Waals surface area (Å²) < 4.78 is 0. The molecule has 1 heterocycles. The molecule has 3 rings (SSSR count). The fourth-order valence-electron chi connectivity index (χ4n) is 5.12. The Morgan fingerprint density at radius 1 is 0.917 bits per heavy atom. The minimum atomic E-state index is 0.196. The van der Waals surface area contributed by atoms with Gasteiger partial charge in [-0.1, -0.05) is 44.1 Å². The molecule has 0 fully saturated rings. The quantitative estimate of drug-likeness (QED) is 0.620. The molecule has 3 aliphatic rings. The maximum atomic E-state index is 2.45. The first-order valence-electron chi connectivity index (χ1n) is 9.17. The van der Waals surface area contributed by atoms with E-state index in [1.165, 1.54) is 40.1 Å². The van der Waals surface area contributed by atoms with Crippen LogP contribution in [-0.2, 0) is 0 Å². The standard InChI is InChI=1S/C22H32N2/c1-15-10-17(3)20(18(4)11-15)23-8-9-24(14-23)21-19(5)12-16(2)13-22(21,6)7/h8-10,12,18H,11,13-14H2,1-7H3/t18-/m0/s1. The van der Waals surface area contributed by atoms with Gasteiger partial charge in [-0.15, -0.1) is 0 Å². The molecule has 130 valence electrons. The molecule has 1 aliphatic heterocycles. The molecule has 0 amide bonds. The molecule has 0 aromatic heterocycles. The van der Waals surface area contributed by atoms with E-state index in [0.29, 0.717) is 5.92 Å². The van der Waals surface area contributed by atoms with Crippen molar-refractivity contribution in [3.05, 3.63) is 58.2 Å². The summed E-state index contributed by atoms with van der Waals surface area (Å²) in [6.45, 7) is 17.1. The van der Waals surface area contributed by atoms with E-state index in [1.807, 2.05) is 0 Å². The summed E-state index contributed by atoms with van der Waals surface area (Å²) in [5.41, 5.74) is 8.97. The van der Waals surface area contributed by atoms with Crippen LogP contribution >= 0.6 is 0 Å². The van der Waals surface area contributed by atoms with Gasteiger partial charge in [0, 0.05) is 35.1 Å². The molecule has 0 aromatic rings. The third-order valence-corrected chi connectivity index (χ3v) is 5.49. The predicted molar refractivity (Wildman–Crippen MR) is 103 cm³/mol. The van der Waals surface area contributed by atoms with Crippen LogP contribution in [0.4, 0.5) is 0 Å². The van der Waals surface area contributed by atoms with Gasteiger partial charge in [-0.2, -0.15) is 0 Å². The zero-order chi connectivity index (χ0) is 17.6. The number of hydrogen-bond acceptors (Lipinski definition) is 2. The van der Waals surface area contributed by atoms with E-state index in [0.717, 1.165) is 13.1 Å². The van der Waals surface area contributed by atoms with Crippen LogP contribution in [-0.4, -0.2) is 16.5 Å². The molecule has 0 radical (unpaired) electrons. The van der Waals surface area contributed by atoms with Gasteiger partial charge in [0.15, 0.2) is 0 Å². The van der Waals surface area contributed by atoms with Crippen LogP contribution < -0.4 is 0 Å². The summed E-state index contributed by atoms with van der Waals surface area (Å²) in [5, 5.41) is 0. The molecule has 0 saturated heterocycles. The van der Waals surface area contributed by atoms with Crippen molar-refractivity contribution in [2.45, 2.75) is 61.3 Å². The molecule has 2 aliphatic carbocycles. The van der Waals surface area contributed by atoms with Crippen LogP contribution in [0.1, 0.15) is 61.3 Å². The van der Waals surface area contributed by atoms with Gasteiger partial charge in [-0.05, 0) is 51.7 Å². The Bertz CT molecular complexity index is 697. The Kier molecular flexibility index (Phi) is 4.27. The zero-order valence-corrected chi connectivity index (χ0v) is 16.4. The van der Waals surface area contributed by atoms with E-state index >= 15 is 0 Å². The third-order valence-electron chi connectivity index (χ3n) is 5.49. The highest BCUT2D eigenvalue weighted by Crippen LogP contribution is 2.43. The number of hydrogen-bond donors (Lipinski definition) is 0. The minimum absolute atomic E-state index is 0.196. The van der Waals surface area contributed by atoms with Gasteiger partial charge in [0.25, 0.3) is 0 Å². The van der Waals surface area contributed by atoms with Crippen LogP contribution in [0.3, 0.4) is 0 Å². The van der Waals surface area contributed by atoms with Gasteiger partial charge >= 0.3 is 0 Å². The summed E-state index contributed by atoms with van der Waals surface area (Å²) in [6, 6.07) is 0. The van der Waals surface area contributed by atoms with Gasteiger partial charge in [-0.3, -0.25) is 0 Å². The second-order valence-electron chi connectivity index (χ2n) is 8.63. The topological polar surface area (TPSA) is 6.48 Å². The van der Waals surface area contributed by atoms with Gasteiger partial charge in [-0.25, -0.2) is 0 Å². The van der Waals surface area contributed by atoms with Gasteiger partial charge in [0.2, 0.25) is 0 Å². The Morgan fingerprint density at radius 2 is 1.54 bits per heavy atom. The first-order chi connectivity index (χ1) is 11.2. The summed E-state index contributed by atoms with van der Waals surface area (Å²) in [7, 11) is 0. The Morgan fingerprint density at radius 3 is 2.17 bits per heavy atom. The molecular formula is C22H32N2. The molecule has 2 heteroatoms. The molecule has 0 spiro atoms. The molecule has 2 nitrogen and oxygen atoms in total. The van der Waals surface area contributed by atoms with Crippen molar-refractivity contribution >= 4 is 0 Å². The monoisotopic (exact) mass is 324 g/mol. The van der Waals surface area contributed by atoms with E-state index in [1.54, 1.807) is 0 Å². The molecule has 0 N–H and O–H groups in total. The largest absolute Gasteiger partial charge is 0.331 e. The summed E-state index contributed by atoms with van der Waals surface area (Å²) in [4.78, 5) is 4.90. The van der Waals surface area contributed by atoms with Gasteiger partial charge in [0.1, 0.15) is 0 Å². The van der Waals surface area contributed by atoms with Crippen LogP contribution in [0.2, 0.25) is 0 Å². The number of rotatable bonds is 2. The van der Waals surface area contributed by atoms with E-state index in [4.69, 9.17) is 0 Å². The average molecular weight is 325 g/mol. The van der Waals surface area contributed by atoms with Crippen LogP contribution in [0, 0.1) is 11.3 Å². The first kappa shape index (κ1) is 17.1. The molecule has 24 heavy (non-hydrogen) atoms. The second-order valence-corrected chi connectivity index (χ2v) is 8.63.